The maximum atomic E-state index is 3.31. The molecular formula is C15H34N2. The minimum atomic E-state index is 0.676. The van der Waals surface area contributed by atoms with E-state index < -0.39 is 0 Å². The monoisotopic (exact) mass is 242 g/mol. The molecule has 0 amide bonds. The molecular weight excluding hydrogens is 208 g/mol. The van der Waals surface area contributed by atoms with E-state index in [-0.39, 0.29) is 0 Å². The molecule has 2 heteroatoms. The van der Waals surface area contributed by atoms with Gasteiger partial charge in [0, 0.05) is 6.04 Å². The van der Waals surface area contributed by atoms with Gasteiger partial charge in [0.05, 0.1) is 0 Å². The van der Waals surface area contributed by atoms with Crippen LogP contribution in [0.2, 0.25) is 0 Å². The Hall–Kier alpha value is -0.0800. The van der Waals surface area contributed by atoms with Crippen molar-refractivity contribution in [3.63, 3.8) is 0 Å². The summed E-state index contributed by atoms with van der Waals surface area (Å²) in [5.74, 6) is 0. The van der Waals surface area contributed by atoms with E-state index in [4.69, 9.17) is 0 Å². The van der Waals surface area contributed by atoms with Crippen LogP contribution < -0.4 is 5.32 Å². The largest absolute Gasteiger partial charge is 0.317 e. The van der Waals surface area contributed by atoms with Crippen LogP contribution in [0.5, 0.6) is 0 Å². The Bertz CT molecular complexity index is 140. The Labute approximate surface area is 109 Å². The Morgan fingerprint density at radius 3 is 1.88 bits per heavy atom. The maximum absolute atomic E-state index is 3.31. The van der Waals surface area contributed by atoms with E-state index in [0.29, 0.717) is 6.04 Å². The molecule has 0 spiro atoms. The molecule has 0 rings (SSSR count). The van der Waals surface area contributed by atoms with E-state index in [1.54, 1.807) is 0 Å². The second-order valence-electron chi connectivity index (χ2n) is 5.23. The summed E-state index contributed by atoms with van der Waals surface area (Å²) in [4.78, 5) is 2.66. The minimum absolute atomic E-state index is 0.676. The van der Waals surface area contributed by atoms with E-state index in [2.05, 4.69) is 38.0 Å². The molecule has 0 bridgehead atoms. The predicted molar refractivity (Wildman–Crippen MR) is 78.6 cm³/mol. The lowest BCUT2D eigenvalue weighted by Gasteiger charge is -2.22. The zero-order valence-electron chi connectivity index (χ0n) is 12.6. The molecule has 17 heavy (non-hydrogen) atoms. The van der Waals surface area contributed by atoms with Crippen molar-refractivity contribution in [2.45, 2.75) is 71.8 Å². The van der Waals surface area contributed by atoms with Crippen molar-refractivity contribution in [3.05, 3.63) is 0 Å². The number of unbranched alkanes of at least 4 members (excludes halogenated alkanes) is 3. The van der Waals surface area contributed by atoms with Crippen LogP contribution in [0.25, 0.3) is 0 Å². The smallest absolute Gasteiger partial charge is 0.00357 e. The number of nitrogens with zero attached hydrogens (tertiary/aromatic N) is 1. The van der Waals surface area contributed by atoms with Crippen LogP contribution in [-0.2, 0) is 0 Å². The molecule has 1 N–H and O–H groups in total. The van der Waals surface area contributed by atoms with Crippen molar-refractivity contribution < 1.29 is 0 Å². The van der Waals surface area contributed by atoms with Crippen molar-refractivity contribution in [3.8, 4) is 0 Å². The first kappa shape index (κ1) is 16.9. The van der Waals surface area contributed by atoms with Gasteiger partial charge in [-0.2, -0.15) is 0 Å². The van der Waals surface area contributed by atoms with Crippen molar-refractivity contribution in [1.29, 1.82) is 0 Å². The van der Waals surface area contributed by atoms with Gasteiger partial charge in [-0.1, -0.05) is 33.1 Å². The van der Waals surface area contributed by atoms with Gasteiger partial charge in [0.25, 0.3) is 0 Å². The highest BCUT2D eigenvalue weighted by Crippen LogP contribution is 2.05. The molecule has 0 aliphatic carbocycles. The maximum Gasteiger partial charge on any atom is 0.00357 e. The van der Waals surface area contributed by atoms with Crippen LogP contribution in [0.1, 0.15) is 65.7 Å². The predicted octanol–water partition coefficient (Wildman–Crippen LogP) is 3.67. The molecule has 0 aromatic heterocycles. The number of nitrogens with one attached hydrogen (secondary N) is 1. The van der Waals surface area contributed by atoms with Crippen LogP contribution in [0.4, 0.5) is 0 Å². The molecule has 0 aliphatic rings. The summed E-state index contributed by atoms with van der Waals surface area (Å²) >= 11 is 0. The first-order valence-corrected chi connectivity index (χ1v) is 7.64. The van der Waals surface area contributed by atoms with Gasteiger partial charge in [0.1, 0.15) is 0 Å². The molecule has 0 aromatic carbocycles. The third kappa shape index (κ3) is 10.8. The van der Waals surface area contributed by atoms with E-state index in [1.807, 2.05) is 0 Å². The third-order valence-corrected chi connectivity index (χ3v) is 3.51. The summed E-state index contributed by atoms with van der Waals surface area (Å²) in [5, 5.41) is 3.31. The van der Waals surface area contributed by atoms with Gasteiger partial charge in [-0.3, -0.25) is 0 Å². The fraction of sp³-hybridized carbons (Fsp3) is 1.00. The van der Waals surface area contributed by atoms with Gasteiger partial charge in [0.2, 0.25) is 0 Å². The summed E-state index contributed by atoms with van der Waals surface area (Å²) in [7, 11) is 2.06. The lowest BCUT2D eigenvalue weighted by molar-refractivity contribution is 0.258. The topological polar surface area (TPSA) is 15.3 Å². The summed E-state index contributed by atoms with van der Waals surface area (Å²) < 4.78 is 0. The molecule has 104 valence electrons. The van der Waals surface area contributed by atoms with Crippen LogP contribution in [0, 0.1) is 0 Å². The molecule has 0 radical (unpaired) electrons. The third-order valence-electron chi connectivity index (χ3n) is 3.51. The molecule has 0 saturated carbocycles. The number of hydrogen-bond donors (Lipinski definition) is 1. The highest BCUT2D eigenvalue weighted by molar-refractivity contribution is 4.61. The summed E-state index contributed by atoms with van der Waals surface area (Å²) in [6, 6.07) is 0.676. The van der Waals surface area contributed by atoms with Crippen LogP contribution in [0.15, 0.2) is 0 Å². The normalized spacial score (nSPS) is 13.2. The fourth-order valence-corrected chi connectivity index (χ4v) is 2.03. The van der Waals surface area contributed by atoms with Crippen molar-refractivity contribution in [1.82, 2.24) is 10.2 Å². The van der Waals surface area contributed by atoms with E-state index >= 15 is 0 Å². The summed E-state index contributed by atoms with van der Waals surface area (Å²) in [6.07, 6.45) is 9.38. The van der Waals surface area contributed by atoms with Gasteiger partial charge in [-0.15, -0.1) is 0 Å². The zero-order chi connectivity index (χ0) is 12.9. The first-order valence-electron chi connectivity index (χ1n) is 7.64. The molecule has 0 heterocycles. The SMILES string of the molecule is CCCCN(CCCC)CCCCC(C)NC. The molecule has 0 aromatic rings. The van der Waals surface area contributed by atoms with Gasteiger partial charge in [-0.25, -0.2) is 0 Å². The molecule has 0 saturated heterocycles. The Morgan fingerprint density at radius 2 is 1.41 bits per heavy atom. The summed E-state index contributed by atoms with van der Waals surface area (Å²) in [6.45, 7) is 10.7. The van der Waals surface area contributed by atoms with Gasteiger partial charge in [0.15, 0.2) is 0 Å². The highest BCUT2D eigenvalue weighted by atomic mass is 15.1. The van der Waals surface area contributed by atoms with Gasteiger partial charge >= 0.3 is 0 Å². The van der Waals surface area contributed by atoms with Crippen LogP contribution in [0.3, 0.4) is 0 Å². The van der Waals surface area contributed by atoms with E-state index in [1.165, 1.54) is 64.6 Å². The van der Waals surface area contributed by atoms with Crippen molar-refractivity contribution in [2.24, 2.45) is 0 Å². The molecule has 1 atom stereocenters. The summed E-state index contributed by atoms with van der Waals surface area (Å²) in [5.41, 5.74) is 0. The van der Waals surface area contributed by atoms with Gasteiger partial charge < -0.3 is 10.2 Å². The van der Waals surface area contributed by atoms with Crippen molar-refractivity contribution >= 4 is 0 Å². The first-order chi connectivity index (χ1) is 8.24. The number of rotatable bonds is 12. The van der Waals surface area contributed by atoms with Crippen LogP contribution >= 0.6 is 0 Å². The standard InChI is InChI=1S/C15H34N2/c1-5-7-12-17(13-8-6-2)14-10-9-11-15(3)16-4/h15-16H,5-14H2,1-4H3. The molecule has 1 unspecified atom stereocenters. The second kappa shape index (κ2) is 12.4. The van der Waals surface area contributed by atoms with Crippen LogP contribution in [-0.4, -0.2) is 37.6 Å². The molecule has 2 nitrogen and oxygen atoms in total. The quantitative estimate of drug-likeness (QED) is 0.525. The fourth-order valence-electron chi connectivity index (χ4n) is 2.03. The lowest BCUT2D eigenvalue weighted by Crippen LogP contribution is -2.27. The average Bonchev–Trinajstić information content (AvgIpc) is 2.36. The molecule has 0 fully saturated rings. The van der Waals surface area contributed by atoms with Crippen molar-refractivity contribution in [2.75, 3.05) is 26.7 Å². The Balaban J connectivity index is 3.59. The lowest BCUT2D eigenvalue weighted by atomic mass is 10.1. The zero-order valence-corrected chi connectivity index (χ0v) is 12.6. The average molecular weight is 242 g/mol. The van der Waals surface area contributed by atoms with E-state index in [9.17, 15) is 0 Å². The molecule has 0 aliphatic heterocycles. The second-order valence-corrected chi connectivity index (χ2v) is 5.23. The Morgan fingerprint density at radius 1 is 0.882 bits per heavy atom. The highest BCUT2D eigenvalue weighted by Gasteiger charge is 2.04. The van der Waals surface area contributed by atoms with E-state index in [0.717, 1.165) is 0 Å². The Kier molecular flexibility index (Phi) is 12.3. The number of hydrogen-bond acceptors (Lipinski definition) is 2. The minimum Gasteiger partial charge on any atom is -0.317 e. The van der Waals surface area contributed by atoms with Gasteiger partial charge in [-0.05, 0) is 59.3 Å².